The molecule has 2 aromatic carbocycles. The van der Waals surface area contributed by atoms with Gasteiger partial charge >= 0.3 is 0 Å². The van der Waals surface area contributed by atoms with Crippen molar-refractivity contribution in [2.24, 2.45) is 0 Å². The zero-order valence-electron chi connectivity index (χ0n) is 14.6. The van der Waals surface area contributed by atoms with Crippen molar-refractivity contribution in [2.75, 3.05) is 0 Å². The molecule has 2 aromatic heterocycles. The minimum absolute atomic E-state index is 0.432. The molecule has 0 bridgehead atoms. The lowest BCUT2D eigenvalue weighted by atomic mass is 10.1. The highest BCUT2D eigenvalue weighted by atomic mass is 15.0. The molecule has 2 heterocycles. The van der Waals surface area contributed by atoms with Crippen LogP contribution in [0.25, 0.3) is 21.8 Å². The number of H-pyrrole nitrogens is 1. The lowest BCUT2D eigenvalue weighted by molar-refractivity contribution is 0.563. The summed E-state index contributed by atoms with van der Waals surface area (Å²) < 4.78 is 2.38. The van der Waals surface area contributed by atoms with Crippen molar-refractivity contribution >= 4 is 21.8 Å². The zero-order valence-corrected chi connectivity index (χ0v) is 14.6. The second kappa shape index (κ2) is 5.86. The highest BCUT2D eigenvalue weighted by Crippen LogP contribution is 2.26. The van der Waals surface area contributed by atoms with Gasteiger partial charge in [0, 0.05) is 29.0 Å². The van der Waals surface area contributed by atoms with Gasteiger partial charge in [-0.2, -0.15) is 0 Å². The minimum atomic E-state index is 0.432. The van der Waals surface area contributed by atoms with E-state index in [1.807, 2.05) is 0 Å². The summed E-state index contributed by atoms with van der Waals surface area (Å²) in [6.07, 6.45) is 3.24. The van der Waals surface area contributed by atoms with Gasteiger partial charge in [0.05, 0.1) is 0 Å². The van der Waals surface area contributed by atoms with Gasteiger partial charge in [0.15, 0.2) is 0 Å². The summed E-state index contributed by atoms with van der Waals surface area (Å²) in [5, 5.41) is 2.62. The van der Waals surface area contributed by atoms with Crippen LogP contribution in [0.5, 0.6) is 0 Å². The molecule has 0 fully saturated rings. The summed E-state index contributed by atoms with van der Waals surface area (Å²) in [5.41, 5.74) is 5.25. The molecule has 0 spiro atoms. The molecule has 0 radical (unpaired) electrons. The predicted octanol–water partition coefficient (Wildman–Crippen LogP) is 6.05. The maximum absolute atomic E-state index is 3.57. The third-order valence-corrected chi connectivity index (χ3v) is 4.97. The fourth-order valence-electron chi connectivity index (χ4n) is 3.56. The van der Waals surface area contributed by atoms with Crippen LogP contribution in [0.3, 0.4) is 0 Å². The number of hydrogen-bond donors (Lipinski definition) is 1. The van der Waals surface area contributed by atoms with Crippen LogP contribution in [-0.2, 0) is 6.42 Å². The number of benzene rings is 2. The van der Waals surface area contributed by atoms with Crippen molar-refractivity contribution < 1.29 is 0 Å². The van der Waals surface area contributed by atoms with E-state index in [0.29, 0.717) is 12.0 Å². The molecule has 0 saturated heterocycles. The van der Waals surface area contributed by atoms with Crippen LogP contribution in [0, 0.1) is 0 Å². The first-order valence-electron chi connectivity index (χ1n) is 8.79. The quantitative estimate of drug-likeness (QED) is 0.473. The summed E-state index contributed by atoms with van der Waals surface area (Å²) in [4.78, 5) is 3.57. The van der Waals surface area contributed by atoms with E-state index in [4.69, 9.17) is 0 Å². The number of nitrogens with zero attached hydrogens (tertiary/aromatic N) is 1. The van der Waals surface area contributed by atoms with Crippen LogP contribution in [-0.4, -0.2) is 9.55 Å². The number of aromatic amines is 1. The Morgan fingerprint density at radius 3 is 2.58 bits per heavy atom. The number of aromatic nitrogens is 2. The van der Waals surface area contributed by atoms with Crippen LogP contribution in [0.15, 0.2) is 60.8 Å². The van der Waals surface area contributed by atoms with Crippen molar-refractivity contribution in [3.63, 3.8) is 0 Å². The fraction of sp³-hybridized carbons (Fsp3) is 0.273. The maximum Gasteiger partial charge on any atom is 0.0482 e. The predicted molar refractivity (Wildman–Crippen MR) is 103 cm³/mol. The van der Waals surface area contributed by atoms with Gasteiger partial charge in [-0.15, -0.1) is 0 Å². The molecule has 0 aliphatic heterocycles. The maximum atomic E-state index is 3.57. The van der Waals surface area contributed by atoms with Gasteiger partial charge in [-0.1, -0.05) is 44.2 Å². The Balaban J connectivity index is 1.63. The van der Waals surface area contributed by atoms with E-state index in [1.54, 1.807) is 0 Å². The first-order chi connectivity index (χ1) is 11.6. The van der Waals surface area contributed by atoms with Gasteiger partial charge < -0.3 is 9.55 Å². The molecular formula is C22H24N2. The van der Waals surface area contributed by atoms with Gasteiger partial charge in [-0.3, -0.25) is 0 Å². The number of nitrogens with one attached hydrogen (secondary N) is 1. The lowest BCUT2D eigenvalue weighted by Gasteiger charge is -2.15. The number of rotatable bonds is 4. The van der Waals surface area contributed by atoms with Crippen molar-refractivity contribution in [3.05, 3.63) is 72.1 Å². The van der Waals surface area contributed by atoms with Crippen molar-refractivity contribution in [3.8, 4) is 0 Å². The summed E-state index contributed by atoms with van der Waals surface area (Å²) in [7, 11) is 0. The molecule has 1 unspecified atom stereocenters. The Hall–Kier alpha value is -2.48. The molecule has 122 valence electrons. The fourth-order valence-corrected chi connectivity index (χ4v) is 3.56. The third kappa shape index (κ3) is 2.62. The molecular weight excluding hydrogens is 292 g/mol. The smallest absolute Gasteiger partial charge is 0.0482 e. The first kappa shape index (κ1) is 15.1. The van der Waals surface area contributed by atoms with E-state index < -0.39 is 0 Å². The van der Waals surface area contributed by atoms with E-state index in [0.717, 1.165) is 6.42 Å². The Kier molecular flexibility index (Phi) is 3.68. The Bertz CT molecular complexity index is 987. The molecule has 0 amide bonds. The average Bonchev–Trinajstić information content (AvgIpc) is 3.18. The Labute approximate surface area is 143 Å². The standard InChI is InChI=1S/C22H24N2/c1-15(2)20-14-19-9-8-17(13-21(19)23-20)12-16(3)24-11-10-18-6-4-5-7-22(18)24/h4-11,13-16,23H,12H2,1-3H3. The summed E-state index contributed by atoms with van der Waals surface area (Å²) in [6.45, 7) is 6.75. The van der Waals surface area contributed by atoms with Crippen LogP contribution in [0.1, 0.15) is 44.0 Å². The van der Waals surface area contributed by atoms with Crippen molar-refractivity contribution in [2.45, 2.75) is 39.2 Å². The van der Waals surface area contributed by atoms with Crippen LogP contribution in [0.4, 0.5) is 0 Å². The highest BCUT2D eigenvalue weighted by molar-refractivity contribution is 5.81. The van der Waals surface area contributed by atoms with E-state index >= 15 is 0 Å². The summed E-state index contributed by atoms with van der Waals surface area (Å²) in [5.74, 6) is 0.533. The molecule has 1 atom stereocenters. The van der Waals surface area contributed by atoms with Gasteiger partial charge in [0.2, 0.25) is 0 Å². The van der Waals surface area contributed by atoms with Crippen LogP contribution >= 0.6 is 0 Å². The average molecular weight is 316 g/mol. The van der Waals surface area contributed by atoms with Crippen LogP contribution in [0.2, 0.25) is 0 Å². The van der Waals surface area contributed by atoms with Gasteiger partial charge in [0.25, 0.3) is 0 Å². The molecule has 24 heavy (non-hydrogen) atoms. The Morgan fingerprint density at radius 2 is 1.75 bits per heavy atom. The van der Waals surface area contributed by atoms with E-state index in [1.165, 1.54) is 33.1 Å². The molecule has 4 aromatic rings. The molecule has 1 N–H and O–H groups in total. The van der Waals surface area contributed by atoms with Gasteiger partial charge in [0.1, 0.15) is 0 Å². The van der Waals surface area contributed by atoms with E-state index in [9.17, 15) is 0 Å². The van der Waals surface area contributed by atoms with Gasteiger partial charge in [-0.05, 0) is 59.9 Å². The van der Waals surface area contributed by atoms with Crippen LogP contribution < -0.4 is 0 Å². The normalized spacial score (nSPS) is 13.2. The number of para-hydroxylation sites is 1. The van der Waals surface area contributed by atoms with Crippen molar-refractivity contribution in [1.29, 1.82) is 0 Å². The highest BCUT2D eigenvalue weighted by Gasteiger charge is 2.10. The Morgan fingerprint density at radius 1 is 0.917 bits per heavy atom. The topological polar surface area (TPSA) is 20.7 Å². The summed E-state index contributed by atoms with van der Waals surface area (Å²) >= 11 is 0. The molecule has 4 rings (SSSR count). The molecule has 0 saturated carbocycles. The lowest BCUT2D eigenvalue weighted by Crippen LogP contribution is -2.06. The zero-order chi connectivity index (χ0) is 16.7. The largest absolute Gasteiger partial charge is 0.358 e. The summed E-state index contributed by atoms with van der Waals surface area (Å²) in [6, 6.07) is 20.3. The van der Waals surface area contributed by atoms with Crippen molar-refractivity contribution in [1.82, 2.24) is 9.55 Å². The van der Waals surface area contributed by atoms with Gasteiger partial charge in [-0.25, -0.2) is 0 Å². The van der Waals surface area contributed by atoms with E-state index in [-0.39, 0.29) is 0 Å². The number of hydrogen-bond acceptors (Lipinski definition) is 0. The monoisotopic (exact) mass is 316 g/mol. The molecule has 2 heteroatoms. The molecule has 0 aliphatic carbocycles. The molecule has 2 nitrogen and oxygen atoms in total. The third-order valence-electron chi connectivity index (χ3n) is 4.97. The first-order valence-corrected chi connectivity index (χ1v) is 8.79. The molecule has 0 aliphatic rings. The van der Waals surface area contributed by atoms with E-state index in [2.05, 4.69) is 91.1 Å². The SMILES string of the molecule is CC(C)c1cc2ccc(CC(C)n3ccc4ccccc43)cc2[nH]1. The minimum Gasteiger partial charge on any atom is -0.358 e. The second-order valence-corrected chi connectivity index (χ2v) is 7.14. The second-order valence-electron chi connectivity index (χ2n) is 7.14. The number of fused-ring (bicyclic) bond motifs is 2.